The first-order valence-electron chi connectivity index (χ1n) is 3.72. The highest BCUT2D eigenvalue weighted by molar-refractivity contribution is 5.91. The topological polar surface area (TPSA) is 81.1 Å². The van der Waals surface area contributed by atoms with Crippen LogP contribution in [0.4, 0.5) is 0 Å². The summed E-state index contributed by atoms with van der Waals surface area (Å²) in [5.41, 5.74) is 5.51. The Bertz CT molecular complexity index is 283. The van der Waals surface area contributed by atoms with Gasteiger partial charge >= 0.3 is 0 Å². The lowest BCUT2D eigenvalue weighted by Crippen LogP contribution is -2.29. The molecule has 0 spiro atoms. The van der Waals surface area contributed by atoms with Gasteiger partial charge in [0.1, 0.15) is 0 Å². The lowest BCUT2D eigenvalue weighted by Gasteiger charge is -1.98. The summed E-state index contributed by atoms with van der Waals surface area (Å²) < 4.78 is 4.80. The monoisotopic (exact) mass is 167 g/mol. The minimum absolute atomic E-state index is 0.108. The van der Waals surface area contributed by atoms with Gasteiger partial charge in [0.15, 0.2) is 6.39 Å². The van der Waals surface area contributed by atoms with E-state index in [-0.39, 0.29) is 23.8 Å². The van der Waals surface area contributed by atoms with Gasteiger partial charge in [-0.3, -0.25) is 4.79 Å². The molecule has 1 fully saturated rings. The third kappa shape index (κ3) is 1.31. The Morgan fingerprint density at radius 1 is 1.83 bits per heavy atom. The van der Waals surface area contributed by atoms with Crippen LogP contribution in [-0.4, -0.2) is 23.0 Å². The standard InChI is InChI=1S/C7H9N3O2/c8-4-1-5(4)10-7(11)6-2-9-3-12-6/h2-5H,1,8H2,(H,10,11). The number of aromatic nitrogens is 1. The first-order valence-corrected chi connectivity index (χ1v) is 3.72. The molecule has 3 N–H and O–H groups in total. The molecular formula is C7H9N3O2. The molecule has 0 bridgehead atoms. The number of carbonyl (C=O) groups is 1. The highest BCUT2D eigenvalue weighted by Crippen LogP contribution is 2.18. The largest absolute Gasteiger partial charge is 0.438 e. The maximum atomic E-state index is 11.2. The number of nitrogens with one attached hydrogen (secondary N) is 1. The van der Waals surface area contributed by atoms with E-state index < -0.39 is 0 Å². The molecule has 2 rings (SSSR count). The Labute approximate surface area is 69.0 Å². The van der Waals surface area contributed by atoms with Crippen molar-refractivity contribution in [3.63, 3.8) is 0 Å². The number of hydrogen-bond donors (Lipinski definition) is 2. The van der Waals surface area contributed by atoms with Gasteiger partial charge in [0.05, 0.1) is 6.20 Å². The quantitative estimate of drug-likeness (QED) is 0.622. The van der Waals surface area contributed by atoms with Crippen molar-refractivity contribution < 1.29 is 9.21 Å². The van der Waals surface area contributed by atoms with E-state index in [1.165, 1.54) is 12.6 Å². The normalized spacial score (nSPS) is 26.8. The van der Waals surface area contributed by atoms with Crippen molar-refractivity contribution in [2.45, 2.75) is 18.5 Å². The Balaban J connectivity index is 1.93. The molecule has 1 amide bonds. The Morgan fingerprint density at radius 3 is 3.08 bits per heavy atom. The Hall–Kier alpha value is -1.36. The van der Waals surface area contributed by atoms with Gasteiger partial charge in [-0.25, -0.2) is 4.98 Å². The summed E-state index contributed by atoms with van der Waals surface area (Å²) >= 11 is 0. The van der Waals surface area contributed by atoms with Crippen LogP contribution in [0.5, 0.6) is 0 Å². The highest BCUT2D eigenvalue weighted by Gasteiger charge is 2.35. The third-order valence-electron chi connectivity index (χ3n) is 1.81. The number of oxazole rings is 1. The van der Waals surface area contributed by atoms with Crippen LogP contribution in [-0.2, 0) is 0 Å². The third-order valence-corrected chi connectivity index (χ3v) is 1.81. The Morgan fingerprint density at radius 2 is 2.58 bits per heavy atom. The first kappa shape index (κ1) is 7.30. The minimum Gasteiger partial charge on any atom is -0.438 e. The van der Waals surface area contributed by atoms with Crippen molar-refractivity contribution in [2.24, 2.45) is 5.73 Å². The highest BCUT2D eigenvalue weighted by atomic mass is 16.3. The molecule has 64 valence electrons. The first-order chi connectivity index (χ1) is 5.77. The molecule has 2 atom stereocenters. The zero-order valence-electron chi connectivity index (χ0n) is 6.36. The van der Waals surface area contributed by atoms with Gasteiger partial charge in [0, 0.05) is 12.1 Å². The number of carbonyl (C=O) groups excluding carboxylic acids is 1. The smallest absolute Gasteiger partial charge is 0.288 e. The van der Waals surface area contributed by atoms with Crippen LogP contribution in [0.1, 0.15) is 17.0 Å². The Kier molecular flexibility index (Phi) is 1.58. The van der Waals surface area contributed by atoms with Crippen LogP contribution >= 0.6 is 0 Å². The van der Waals surface area contributed by atoms with Crippen molar-refractivity contribution >= 4 is 5.91 Å². The van der Waals surface area contributed by atoms with Gasteiger partial charge in [-0.05, 0) is 6.42 Å². The van der Waals surface area contributed by atoms with Gasteiger partial charge in [-0.2, -0.15) is 0 Å². The fourth-order valence-electron chi connectivity index (χ4n) is 0.948. The average Bonchev–Trinajstić information content (AvgIpc) is 2.58. The van der Waals surface area contributed by atoms with Crippen LogP contribution in [0.3, 0.4) is 0 Å². The SMILES string of the molecule is NC1CC1NC(=O)c1cnco1. The molecular weight excluding hydrogens is 158 g/mol. The van der Waals surface area contributed by atoms with Crippen molar-refractivity contribution in [2.75, 3.05) is 0 Å². The number of amides is 1. The number of nitrogens with two attached hydrogens (primary N) is 1. The van der Waals surface area contributed by atoms with Crippen LogP contribution in [0.2, 0.25) is 0 Å². The van der Waals surface area contributed by atoms with Gasteiger partial charge < -0.3 is 15.5 Å². The second-order valence-electron chi connectivity index (χ2n) is 2.85. The van der Waals surface area contributed by atoms with E-state index in [4.69, 9.17) is 10.2 Å². The fourth-order valence-corrected chi connectivity index (χ4v) is 0.948. The average molecular weight is 167 g/mol. The molecule has 0 aromatic carbocycles. The molecule has 5 nitrogen and oxygen atoms in total. The summed E-state index contributed by atoms with van der Waals surface area (Å²) in [6.07, 6.45) is 3.45. The van der Waals surface area contributed by atoms with Gasteiger partial charge in [-0.1, -0.05) is 0 Å². The predicted molar refractivity (Wildman–Crippen MR) is 40.3 cm³/mol. The lowest BCUT2D eigenvalue weighted by molar-refractivity contribution is 0.0922. The number of nitrogens with zero attached hydrogens (tertiary/aromatic N) is 1. The maximum Gasteiger partial charge on any atom is 0.288 e. The summed E-state index contributed by atoms with van der Waals surface area (Å²) in [6, 6.07) is 0.222. The molecule has 2 unspecified atom stereocenters. The molecule has 1 aliphatic rings. The summed E-state index contributed by atoms with van der Waals surface area (Å²) in [6.45, 7) is 0. The van der Waals surface area contributed by atoms with Crippen LogP contribution < -0.4 is 11.1 Å². The van der Waals surface area contributed by atoms with Crippen LogP contribution in [0.15, 0.2) is 17.0 Å². The van der Waals surface area contributed by atoms with E-state index >= 15 is 0 Å². The second kappa shape index (κ2) is 2.60. The summed E-state index contributed by atoms with van der Waals surface area (Å²) in [7, 11) is 0. The zero-order valence-corrected chi connectivity index (χ0v) is 6.36. The second-order valence-corrected chi connectivity index (χ2v) is 2.85. The van der Waals surface area contributed by atoms with E-state index in [0.29, 0.717) is 0 Å². The predicted octanol–water partition coefficient (Wildman–Crippen LogP) is -0.496. The molecule has 1 saturated carbocycles. The van der Waals surface area contributed by atoms with Crippen LogP contribution in [0, 0.1) is 0 Å². The van der Waals surface area contributed by atoms with Gasteiger partial charge in [0.2, 0.25) is 5.76 Å². The fraction of sp³-hybridized carbons (Fsp3) is 0.429. The lowest BCUT2D eigenvalue weighted by atomic mass is 10.4. The molecule has 0 radical (unpaired) electrons. The van der Waals surface area contributed by atoms with Gasteiger partial charge in [0.25, 0.3) is 5.91 Å². The maximum absolute atomic E-state index is 11.2. The molecule has 1 aromatic rings. The van der Waals surface area contributed by atoms with Crippen molar-refractivity contribution in [3.05, 3.63) is 18.4 Å². The van der Waals surface area contributed by atoms with E-state index in [1.807, 2.05) is 0 Å². The van der Waals surface area contributed by atoms with Gasteiger partial charge in [-0.15, -0.1) is 0 Å². The van der Waals surface area contributed by atoms with E-state index in [2.05, 4.69) is 10.3 Å². The van der Waals surface area contributed by atoms with Crippen molar-refractivity contribution in [1.82, 2.24) is 10.3 Å². The molecule has 1 aromatic heterocycles. The van der Waals surface area contributed by atoms with Crippen molar-refractivity contribution in [3.8, 4) is 0 Å². The molecule has 0 aliphatic heterocycles. The van der Waals surface area contributed by atoms with Crippen molar-refractivity contribution in [1.29, 1.82) is 0 Å². The molecule has 5 heteroatoms. The molecule has 1 aliphatic carbocycles. The van der Waals surface area contributed by atoms with E-state index in [0.717, 1.165) is 6.42 Å². The molecule has 1 heterocycles. The zero-order chi connectivity index (χ0) is 8.55. The van der Waals surface area contributed by atoms with E-state index in [1.54, 1.807) is 0 Å². The van der Waals surface area contributed by atoms with Crippen LogP contribution in [0.25, 0.3) is 0 Å². The number of rotatable bonds is 2. The number of hydrogen-bond acceptors (Lipinski definition) is 4. The minimum atomic E-state index is -0.245. The molecule has 12 heavy (non-hydrogen) atoms. The summed E-state index contributed by atoms with van der Waals surface area (Å²) in [5, 5.41) is 2.71. The molecule has 0 saturated heterocycles. The van der Waals surface area contributed by atoms with E-state index in [9.17, 15) is 4.79 Å². The summed E-state index contributed by atoms with van der Waals surface area (Å²) in [4.78, 5) is 14.8. The summed E-state index contributed by atoms with van der Waals surface area (Å²) in [5.74, 6) is -0.0143.